The Kier molecular flexibility index (Phi) is 9.84. The molecule has 32 heavy (non-hydrogen) atoms. The van der Waals surface area contributed by atoms with Crippen molar-refractivity contribution in [2.24, 2.45) is 0 Å². The molecule has 0 radical (unpaired) electrons. The van der Waals surface area contributed by atoms with Crippen LogP contribution in [0.3, 0.4) is 0 Å². The summed E-state index contributed by atoms with van der Waals surface area (Å²) in [6, 6.07) is 6.02. The van der Waals surface area contributed by atoms with E-state index < -0.39 is 6.10 Å². The lowest BCUT2D eigenvalue weighted by Crippen LogP contribution is -2.37. The third kappa shape index (κ3) is 7.50. The summed E-state index contributed by atoms with van der Waals surface area (Å²) in [6.07, 6.45) is 9.73. The summed E-state index contributed by atoms with van der Waals surface area (Å²) < 4.78 is 13.7. The van der Waals surface area contributed by atoms with E-state index in [-0.39, 0.29) is 6.61 Å². The number of aromatic nitrogens is 2. The van der Waals surface area contributed by atoms with Gasteiger partial charge in [-0.1, -0.05) is 25.3 Å². The Bertz CT molecular complexity index is 802. The van der Waals surface area contributed by atoms with Crippen LogP contribution in [-0.4, -0.2) is 71.0 Å². The molecule has 1 fully saturated rings. The molecule has 0 unspecified atom stereocenters. The number of aliphatic hydroxyl groups excluding tert-OH is 1. The van der Waals surface area contributed by atoms with Crippen molar-refractivity contribution < 1.29 is 14.6 Å². The summed E-state index contributed by atoms with van der Waals surface area (Å²) in [4.78, 5) is 9.06. The van der Waals surface area contributed by atoms with E-state index in [1.807, 2.05) is 24.5 Å². The Labute approximate surface area is 193 Å². The van der Waals surface area contributed by atoms with Crippen LogP contribution in [0.4, 0.5) is 0 Å². The van der Waals surface area contributed by atoms with E-state index >= 15 is 0 Å². The van der Waals surface area contributed by atoms with E-state index in [2.05, 4.69) is 39.4 Å². The van der Waals surface area contributed by atoms with E-state index in [1.54, 1.807) is 7.11 Å². The number of β-amino-alcohol motifs (C(OH)–C–C–N with tert-alkyl or cyclic N) is 1. The first-order chi connectivity index (χ1) is 15.6. The van der Waals surface area contributed by atoms with Gasteiger partial charge < -0.3 is 24.0 Å². The number of ether oxygens (including phenoxy) is 2. The number of rotatable bonds is 11. The van der Waals surface area contributed by atoms with Crippen LogP contribution < -0.4 is 9.47 Å². The number of likely N-dealkylation sites (tertiary alicyclic amines) is 1. The van der Waals surface area contributed by atoms with Crippen LogP contribution in [0.25, 0.3) is 0 Å². The molecule has 2 aromatic rings. The summed E-state index contributed by atoms with van der Waals surface area (Å²) in [5.41, 5.74) is 1.15. The van der Waals surface area contributed by atoms with Crippen LogP contribution in [0.1, 0.15) is 50.4 Å². The van der Waals surface area contributed by atoms with Gasteiger partial charge in [0.1, 0.15) is 18.5 Å². The van der Waals surface area contributed by atoms with Crippen LogP contribution in [0.15, 0.2) is 30.6 Å². The Balaban J connectivity index is 1.50. The smallest absolute Gasteiger partial charge is 0.161 e. The predicted molar refractivity (Wildman–Crippen MR) is 127 cm³/mol. The van der Waals surface area contributed by atoms with Gasteiger partial charge in [0.05, 0.1) is 13.7 Å². The molecule has 1 aromatic carbocycles. The molecule has 0 saturated carbocycles. The first-order valence-electron chi connectivity index (χ1n) is 12.0. The molecule has 0 spiro atoms. The molecule has 1 aliphatic heterocycles. The molecule has 1 aromatic heterocycles. The molecule has 1 atom stereocenters. The molecule has 7 nitrogen and oxygen atoms in total. The molecular weight excluding hydrogens is 404 g/mol. The minimum absolute atomic E-state index is 0.270. The quantitative estimate of drug-likeness (QED) is 0.572. The molecule has 1 N–H and O–H groups in total. The van der Waals surface area contributed by atoms with Crippen LogP contribution in [0.2, 0.25) is 0 Å². The Morgan fingerprint density at radius 3 is 2.56 bits per heavy atom. The maximum atomic E-state index is 10.5. The topological polar surface area (TPSA) is 63.0 Å². The summed E-state index contributed by atoms with van der Waals surface area (Å²) >= 11 is 0. The van der Waals surface area contributed by atoms with Gasteiger partial charge in [-0.15, -0.1) is 0 Å². The van der Waals surface area contributed by atoms with Gasteiger partial charge in [-0.2, -0.15) is 0 Å². The third-order valence-electron chi connectivity index (χ3n) is 6.08. The highest BCUT2D eigenvalue weighted by atomic mass is 16.5. The Morgan fingerprint density at radius 1 is 1.09 bits per heavy atom. The van der Waals surface area contributed by atoms with Gasteiger partial charge in [0, 0.05) is 32.0 Å². The zero-order valence-corrected chi connectivity index (χ0v) is 20.0. The van der Waals surface area contributed by atoms with Gasteiger partial charge in [-0.25, -0.2) is 4.98 Å². The fourth-order valence-electron chi connectivity index (χ4n) is 4.35. The molecule has 0 amide bonds. The van der Waals surface area contributed by atoms with Gasteiger partial charge in [-0.05, 0) is 57.6 Å². The lowest BCUT2D eigenvalue weighted by atomic mass is 10.1. The van der Waals surface area contributed by atoms with E-state index in [1.165, 1.54) is 32.1 Å². The molecule has 2 heterocycles. The Hall–Kier alpha value is -2.09. The fraction of sp³-hybridized carbons (Fsp3) is 0.640. The average Bonchev–Trinajstić information content (AvgIpc) is 3.21. The van der Waals surface area contributed by atoms with E-state index in [9.17, 15) is 5.11 Å². The third-order valence-corrected chi connectivity index (χ3v) is 6.08. The van der Waals surface area contributed by atoms with E-state index in [0.717, 1.165) is 44.1 Å². The van der Waals surface area contributed by atoms with Crippen molar-refractivity contribution in [3.8, 4) is 11.5 Å². The molecule has 0 bridgehead atoms. The van der Waals surface area contributed by atoms with Crippen molar-refractivity contribution >= 4 is 0 Å². The largest absolute Gasteiger partial charge is 0.493 e. The van der Waals surface area contributed by atoms with Crippen LogP contribution in [-0.2, 0) is 19.6 Å². The number of benzene rings is 1. The minimum Gasteiger partial charge on any atom is -0.493 e. The second-order valence-corrected chi connectivity index (χ2v) is 8.82. The van der Waals surface area contributed by atoms with Gasteiger partial charge in [0.2, 0.25) is 0 Å². The van der Waals surface area contributed by atoms with Gasteiger partial charge in [0.25, 0.3) is 0 Å². The molecule has 1 aliphatic rings. The number of hydrogen-bond donors (Lipinski definition) is 1. The maximum absolute atomic E-state index is 10.5. The standard InChI is InChI=1S/C25H40N4O3/c1-4-29-15-12-26-25(29)19-27(2)17-21-10-11-23(24(16-21)31-3)32-20-22(30)18-28-13-8-6-5-7-9-14-28/h10-12,15-16,22,30H,4-9,13-14,17-20H2,1-3H3/t22-/m1/s1. The zero-order chi connectivity index (χ0) is 22.8. The molecule has 3 rings (SSSR count). The number of aliphatic hydroxyl groups is 1. The number of hydrogen-bond acceptors (Lipinski definition) is 6. The SMILES string of the molecule is CCn1ccnc1CN(C)Cc1ccc(OC[C@H](O)CN2CCCCCCC2)c(OC)c1. The van der Waals surface area contributed by atoms with Gasteiger partial charge >= 0.3 is 0 Å². The number of aryl methyl sites for hydroxylation is 1. The minimum atomic E-state index is -0.507. The normalized spacial score (nSPS) is 16.5. The van der Waals surface area contributed by atoms with Crippen molar-refractivity contribution in [1.82, 2.24) is 19.4 Å². The van der Waals surface area contributed by atoms with E-state index in [4.69, 9.17) is 9.47 Å². The second-order valence-electron chi connectivity index (χ2n) is 8.82. The molecule has 178 valence electrons. The maximum Gasteiger partial charge on any atom is 0.161 e. The predicted octanol–water partition coefficient (Wildman–Crippen LogP) is 3.55. The highest BCUT2D eigenvalue weighted by Crippen LogP contribution is 2.29. The average molecular weight is 445 g/mol. The lowest BCUT2D eigenvalue weighted by Gasteiger charge is -2.26. The highest BCUT2D eigenvalue weighted by molar-refractivity contribution is 5.43. The first kappa shape index (κ1) is 24.6. The van der Waals surface area contributed by atoms with Crippen molar-refractivity contribution in [2.45, 2.75) is 64.8 Å². The summed E-state index contributed by atoms with van der Waals surface area (Å²) in [5, 5.41) is 10.5. The van der Waals surface area contributed by atoms with Crippen molar-refractivity contribution in [3.63, 3.8) is 0 Å². The first-order valence-corrected chi connectivity index (χ1v) is 12.0. The van der Waals surface area contributed by atoms with Crippen LogP contribution in [0.5, 0.6) is 11.5 Å². The lowest BCUT2D eigenvalue weighted by molar-refractivity contribution is 0.0645. The molecule has 1 saturated heterocycles. The zero-order valence-electron chi connectivity index (χ0n) is 20.0. The highest BCUT2D eigenvalue weighted by Gasteiger charge is 2.15. The molecular formula is C25H40N4O3. The number of imidazole rings is 1. The monoisotopic (exact) mass is 444 g/mol. The second kappa shape index (κ2) is 12.8. The van der Waals surface area contributed by atoms with Crippen molar-refractivity contribution in [2.75, 3.05) is 40.4 Å². The van der Waals surface area contributed by atoms with Crippen molar-refractivity contribution in [3.05, 3.63) is 42.0 Å². The van der Waals surface area contributed by atoms with E-state index in [0.29, 0.717) is 18.0 Å². The van der Waals surface area contributed by atoms with Crippen LogP contribution in [0, 0.1) is 0 Å². The fourth-order valence-corrected chi connectivity index (χ4v) is 4.35. The van der Waals surface area contributed by atoms with Gasteiger partial charge in [0.15, 0.2) is 11.5 Å². The van der Waals surface area contributed by atoms with Crippen molar-refractivity contribution in [1.29, 1.82) is 0 Å². The summed E-state index contributed by atoms with van der Waals surface area (Å²) in [7, 11) is 3.75. The Morgan fingerprint density at radius 2 is 1.84 bits per heavy atom. The van der Waals surface area contributed by atoms with Gasteiger partial charge in [-0.3, -0.25) is 4.90 Å². The summed E-state index contributed by atoms with van der Waals surface area (Å²) in [5.74, 6) is 2.44. The number of methoxy groups -OCH3 is 1. The molecule has 7 heteroatoms. The number of nitrogens with zero attached hydrogens (tertiary/aromatic N) is 4. The van der Waals surface area contributed by atoms with Crippen LogP contribution >= 0.6 is 0 Å². The molecule has 0 aliphatic carbocycles. The summed E-state index contributed by atoms with van der Waals surface area (Å²) in [6.45, 7) is 7.69.